The lowest BCUT2D eigenvalue weighted by Gasteiger charge is -2.40. The third-order valence-corrected chi connectivity index (χ3v) is 5.75. The molecule has 1 aliphatic carbocycles. The molecule has 1 aliphatic heterocycles. The van der Waals surface area contributed by atoms with Crippen molar-refractivity contribution in [2.75, 3.05) is 33.4 Å². The number of carbonyl (C=O) groups is 2. The molecule has 2 aliphatic rings. The van der Waals surface area contributed by atoms with Gasteiger partial charge in [0.05, 0.1) is 12.0 Å². The molecule has 3 rings (SSSR count). The Bertz CT molecular complexity index is 630. The van der Waals surface area contributed by atoms with Crippen LogP contribution in [0.15, 0.2) is 30.3 Å². The largest absolute Gasteiger partial charge is 0.445 e. The van der Waals surface area contributed by atoms with Gasteiger partial charge in [-0.05, 0) is 37.2 Å². The van der Waals surface area contributed by atoms with Gasteiger partial charge in [-0.15, -0.1) is 0 Å². The van der Waals surface area contributed by atoms with E-state index in [1.54, 1.807) is 12.0 Å². The Balaban J connectivity index is 1.43. The van der Waals surface area contributed by atoms with Crippen LogP contribution in [0.4, 0.5) is 4.79 Å². The summed E-state index contributed by atoms with van der Waals surface area (Å²) in [5, 5.41) is 3.10. The first-order valence-electron chi connectivity index (χ1n) is 9.86. The molecule has 27 heavy (non-hydrogen) atoms. The molecule has 0 spiro atoms. The van der Waals surface area contributed by atoms with Crippen LogP contribution in [0.2, 0.25) is 0 Å². The van der Waals surface area contributed by atoms with Gasteiger partial charge in [-0.2, -0.15) is 0 Å². The Kier molecular flexibility index (Phi) is 6.72. The second kappa shape index (κ2) is 9.22. The van der Waals surface area contributed by atoms with Crippen molar-refractivity contribution in [2.45, 2.75) is 38.7 Å². The van der Waals surface area contributed by atoms with Gasteiger partial charge in [0.1, 0.15) is 6.61 Å². The van der Waals surface area contributed by atoms with Crippen molar-refractivity contribution in [1.29, 1.82) is 0 Å². The highest BCUT2D eigenvalue weighted by Crippen LogP contribution is 2.41. The summed E-state index contributed by atoms with van der Waals surface area (Å²) in [4.78, 5) is 26.7. The van der Waals surface area contributed by atoms with E-state index in [-0.39, 0.29) is 29.9 Å². The lowest BCUT2D eigenvalue weighted by Crippen LogP contribution is -2.51. The highest BCUT2D eigenvalue weighted by molar-refractivity contribution is 5.83. The summed E-state index contributed by atoms with van der Waals surface area (Å²) in [6, 6.07) is 9.69. The number of nitrogens with one attached hydrogen (secondary N) is 1. The number of nitrogens with zero attached hydrogens (tertiary/aromatic N) is 1. The smallest absolute Gasteiger partial charge is 0.410 e. The van der Waals surface area contributed by atoms with E-state index in [4.69, 9.17) is 9.47 Å². The maximum Gasteiger partial charge on any atom is 0.410 e. The molecular formula is C21H30N2O4. The van der Waals surface area contributed by atoms with Crippen molar-refractivity contribution < 1.29 is 19.1 Å². The van der Waals surface area contributed by atoms with Crippen molar-refractivity contribution >= 4 is 12.0 Å². The molecule has 1 aromatic carbocycles. The van der Waals surface area contributed by atoms with Crippen LogP contribution in [0.1, 0.15) is 37.7 Å². The summed E-state index contributed by atoms with van der Waals surface area (Å²) in [6.07, 6.45) is 4.56. The Hall–Kier alpha value is -2.08. The van der Waals surface area contributed by atoms with Crippen LogP contribution >= 0.6 is 0 Å². The fourth-order valence-corrected chi connectivity index (χ4v) is 3.95. The van der Waals surface area contributed by atoms with E-state index in [1.807, 2.05) is 30.3 Å². The van der Waals surface area contributed by atoms with Crippen molar-refractivity contribution in [3.63, 3.8) is 0 Å². The first-order chi connectivity index (χ1) is 13.1. The topological polar surface area (TPSA) is 67.9 Å². The molecule has 1 saturated carbocycles. The third kappa shape index (κ3) is 5.01. The van der Waals surface area contributed by atoms with Gasteiger partial charge in [0.2, 0.25) is 5.91 Å². The number of hydrogen-bond acceptors (Lipinski definition) is 4. The minimum Gasteiger partial charge on any atom is -0.445 e. The predicted molar refractivity (Wildman–Crippen MR) is 102 cm³/mol. The van der Waals surface area contributed by atoms with Crippen LogP contribution in [0, 0.1) is 11.3 Å². The number of methoxy groups -OCH3 is 1. The van der Waals surface area contributed by atoms with Crippen molar-refractivity contribution in [3.8, 4) is 0 Å². The summed E-state index contributed by atoms with van der Waals surface area (Å²) >= 11 is 0. The highest BCUT2D eigenvalue weighted by atomic mass is 16.6. The molecule has 1 aromatic rings. The van der Waals surface area contributed by atoms with Crippen LogP contribution in [-0.2, 0) is 20.9 Å². The number of likely N-dealkylation sites (tertiary alicyclic amines) is 1. The van der Waals surface area contributed by atoms with Gasteiger partial charge in [-0.3, -0.25) is 4.79 Å². The van der Waals surface area contributed by atoms with Gasteiger partial charge in [-0.1, -0.05) is 36.8 Å². The molecule has 6 heteroatoms. The minimum absolute atomic E-state index is 0.0966. The van der Waals surface area contributed by atoms with E-state index in [0.717, 1.165) is 37.7 Å². The predicted octanol–water partition coefficient (Wildman–Crippen LogP) is 2.97. The maximum absolute atomic E-state index is 12.6. The number of ether oxygens (including phenoxy) is 2. The molecule has 0 aromatic heterocycles. The first-order valence-corrected chi connectivity index (χ1v) is 9.86. The highest BCUT2D eigenvalue weighted by Gasteiger charge is 2.44. The number of hydrogen-bond donors (Lipinski definition) is 1. The lowest BCUT2D eigenvalue weighted by atomic mass is 9.68. The SMILES string of the molecule is COCC1(C(=O)NC[C@H]2CCCN(C(=O)OCc3ccccc3)C2)CCC1. The average Bonchev–Trinajstić information content (AvgIpc) is 2.68. The molecule has 148 valence electrons. The zero-order valence-electron chi connectivity index (χ0n) is 16.1. The second-order valence-electron chi connectivity index (χ2n) is 7.77. The second-order valence-corrected chi connectivity index (χ2v) is 7.77. The van der Waals surface area contributed by atoms with Crippen LogP contribution in [0.25, 0.3) is 0 Å². The number of carbonyl (C=O) groups excluding carboxylic acids is 2. The molecule has 6 nitrogen and oxygen atoms in total. The standard InChI is InChI=1S/C21H30N2O4/c1-26-16-21(10-6-11-21)19(24)22-13-18-9-5-12-23(14-18)20(25)27-15-17-7-3-2-4-8-17/h2-4,7-8,18H,5-6,9-16H2,1H3,(H,22,24)/t18-/m1/s1. The van der Waals surface area contributed by atoms with Crippen LogP contribution in [0.3, 0.4) is 0 Å². The van der Waals surface area contributed by atoms with Gasteiger partial charge in [0.15, 0.2) is 0 Å². The molecular weight excluding hydrogens is 344 g/mol. The van der Waals surface area contributed by atoms with E-state index < -0.39 is 0 Å². The Labute approximate surface area is 161 Å². The normalized spacial score (nSPS) is 21.2. The molecule has 1 heterocycles. The summed E-state index contributed by atoms with van der Waals surface area (Å²) < 4.78 is 10.7. The molecule has 0 unspecified atom stereocenters. The van der Waals surface area contributed by atoms with Crippen LogP contribution in [0.5, 0.6) is 0 Å². The first kappa shape index (κ1) is 19.7. The Morgan fingerprint density at radius 2 is 2.00 bits per heavy atom. The molecule has 1 saturated heterocycles. The van der Waals surface area contributed by atoms with Crippen LogP contribution < -0.4 is 5.32 Å². The zero-order valence-corrected chi connectivity index (χ0v) is 16.1. The van der Waals surface area contributed by atoms with Gasteiger partial charge in [0, 0.05) is 26.7 Å². The summed E-state index contributed by atoms with van der Waals surface area (Å²) in [5.41, 5.74) is 0.646. The zero-order chi connectivity index (χ0) is 19.1. The van der Waals surface area contributed by atoms with E-state index in [1.165, 1.54) is 0 Å². The maximum atomic E-state index is 12.6. The molecule has 0 radical (unpaired) electrons. The fraction of sp³-hybridized carbons (Fsp3) is 0.619. The quantitative estimate of drug-likeness (QED) is 0.797. The third-order valence-electron chi connectivity index (χ3n) is 5.75. The van der Waals surface area contributed by atoms with Crippen LogP contribution in [-0.4, -0.2) is 50.3 Å². The van der Waals surface area contributed by atoms with Gasteiger partial charge >= 0.3 is 6.09 Å². The molecule has 1 atom stereocenters. The van der Waals surface area contributed by atoms with E-state index in [0.29, 0.717) is 26.2 Å². The number of rotatable bonds is 7. The molecule has 2 amide bonds. The van der Waals surface area contributed by atoms with Gasteiger partial charge < -0.3 is 19.7 Å². The van der Waals surface area contributed by atoms with Gasteiger partial charge in [-0.25, -0.2) is 4.79 Å². The fourth-order valence-electron chi connectivity index (χ4n) is 3.95. The number of piperidine rings is 1. The van der Waals surface area contributed by atoms with Crippen molar-refractivity contribution in [3.05, 3.63) is 35.9 Å². The minimum atomic E-state index is -0.336. The number of amides is 2. The summed E-state index contributed by atoms with van der Waals surface area (Å²) in [6.45, 7) is 2.72. The van der Waals surface area contributed by atoms with Gasteiger partial charge in [0.25, 0.3) is 0 Å². The Morgan fingerprint density at radius 1 is 1.22 bits per heavy atom. The van der Waals surface area contributed by atoms with E-state index >= 15 is 0 Å². The average molecular weight is 374 g/mol. The lowest BCUT2D eigenvalue weighted by molar-refractivity contribution is -0.140. The summed E-state index contributed by atoms with van der Waals surface area (Å²) in [5.74, 6) is 0.367. The Morgan fingerprint density at radius 3 is 2.67 bits per heavy atom. The molecule has 2 fully saturated rings. The van der Waals surface area contributed by atoms with E-state index in [9.17, 15) is 9.59 Å². The monoisotopic (exact) mass is 374 g/mol. The molecule has 0 bridgehead atoms. The number of benzene rings is 1. The molecule has 1 N–H and O–H groups in total. The van der Waals surface area contributed by atoms with Crippen molar-refractivity contribution in [2.24, 2.45) is 11.3 Å². The van der Waals surface area contributed by atoms with E-state index in [2.05, 4.69) is 5.32 Å². The van der Waals surface area contributed by atoms with Crippen molar-refractivity contribution in [1.82, 2.24) is 10.2 Å². The summed E-state index contributed by atoms with van der Waals surface area (Å²) in [7, 11) is 1.65.